The summed E-state index contributed by atoms with van der Waals surface area (Å²) in [5, 5.41) is 13.8. The average Bonchev–Trinajstić information content (AvgIpc) is 3.23. The Morgan fingerprint density at radius 2 is 2.04 bits per heavy atom. The molecule has 1 atom stereocenters. The lowest BCUT2D eigenvalue weighted by Gasteiger charge is -2.14. The van der Waals surface area contributed by atoms with Crippen molar-refractivity contribution in [1.29, 1.82) is 0 Å². The molecule has 3 aromatic rings. The van der Waals surface area contributed by atoms with Crippen molar-refractivity contribution < 1.29 is 9.52 Å². The van der Waals surface area contributed by atoms with Crippen LogP contribution in [0.15, 0.2) is 10.7 Å². The minimum absolute atomic E-state index is 0.0500. The van der Waals surface area contributed by atoms with Crippen molar-refractivity contribution in [1.82, 2.24) is 15.0 Å². The second kappa shape index (κ2) is 6.83. The predicted octanol–water partition coefficient (Wildman–Crippen LogP) is 3.64. The maximum atomic E-state index is 9.50. The van der Waals surface area contributed by atoms with E-state index in [0.29, 0.717) is 23.0 Å². The SMILES string of the molecule is CC[C@H](CO)Nc1ncnc2c1oc1nc(CC(C)C)c3c(c12)CCC3. The second-order valence-corrected chi connectivity index (χ2v) is 7.58. The van der Waals surface area contributed by atoms with E-state index in [1.807, 2.05) is 6.92 Å². The van der Waals surface area contributed by atoms with Crippen molar-refractivity contribution in [3.63, 3.8) is 0 Å². The molecule has 4 rings (SSSR count). The first-order chi connectivity index (χ1) is 12.6. The van der Waals surface area contributed by atoms with Gasteiger partial charge in [0.25, 0.3) is 0 Å². The summed E-state index contributed by atoms with van der Waals surface area (Å²) in [6.45, 7) is 6.52. The van der Waals surface area contributed by atoms with Crippen LogP contribution in [-0.4, -0.2) is 32.7 Å². The number of furan rings is 1. The molecule has 0 unspecified atom stereocenters. The van der Waals surface area contributed by atoms with Crippen LogP contribution in [0.2, 0.25) is 0 Å². The third kappa shape index (κ3) is 2.82. The van der Waals surface area contributed by atoms with Gasteiger partial charge < -0.3 is 14.8 Å². The molecule has 0 saturated heterocycles. The first-order valence-electron chi connectivity index (χ1n) is 9.57. The fourth-order valence-electron chi connectivity index (χ4n) is 3.90. The number of hydrogen-bond donors (Lipinski definition) is 2. The summed E-state index contributed by atoms with van der Waals surface area (Å²) in [4.78, 5) is 13.7. The van der Waals surface area contributed by atoms with E-state index in [0.717, 1.165) is 43.0 Å². The Morgan fingerprint density at radius 3 is 2.77 bits per heavy atom. The van der Waals surface area contributed by atoms with Crippen molar-refractivity contribution in [2.45, 2.75) is 58.9 Å². The van der Waals surface area contributed by atoms with Gasteiger partial charge in [0.05, 0.1) is 18.0 Å². The predicted molar refractivity (Wildman–Crippen MR) is 102 cm³/mol. The van der Waals surface area contributed by atoms with Crippen molar-refractivity contribution in [2.75, 3.05) is 11.9 Å². The lowest BCUT2D eigenvalue weighted by Crippen LogP contribution is -2.23. The number of pyridine rings is 1. The van der Waals surface area contributed by atoms with Gasteiger partial charge in [0.15, 0.2) is 11.4 Å². The van der Waals surface area contributed by atoms with Gasteiger partial charge in [-0.1, -0.05) is 20.8 Å². The molecule has 6 nitrogen and oxygen atoms in total. The first kappa shape index (κ1) is 17.2. The van der Waals surface area contributed by atoms with Crippen LogP contribution < -0.4 is 5.32 Å². The average molecular weight is 354 g/mol. The highest BCUT2D eigenvalue weighted by Crippen LogP contribution is 2.38. The van der Waals surface area contributed by atoms with Gasteiger partial charge in [-0.3, -0.25) is 0 Å². The molecule has 2 N–H and O–H groups in total. The molecule has 0 saturated carbocycles. The zero-order valence-corrected chi connectivity index (χ0v) is 15.7. The Labute approximate surface area is 153 Å². The molecule has 0 aromatic carbocycles. The van der Waals surface area contributed by atoms with E-state index in [9.17, 15) is 5.11 Å². The van der Waals surface area contributed by atoms with Crippen LogP contribution in [0.25, 0.3) is 22.2 Å². The number of aliphatic hydroxyl groups is 1. The van der Waals surface area contributed by atoms with Crippen molar-refractivity contribution in [3.05, 3.63) is 23.1 Å². The highest BCUT2D eigenvalue weighted by atomic mass is 16.3. The van der Waals surface area contributed by atoms with Crippen LogP contribution >= 0.6 is 0 Å². The summed E-state index contributed by atoms with van der Waals surface area (Å²) in [6.07, 6.45) is 6.63. The number of anilines is 1. The molecule has 0 amide bonds. The largest absolute Gasteiger partial charge is 0.432 e. The smallest absolute Gasteiger partial charge is 0.229 e. The van der Waals surface area contributed by atoms with Crippen LogP contribution in [0.4, 0.5) is 5.82 Å². The standard InChI is InChI=1S/C20H26N4O2/c1-4-12(9-25)23-19-18-17(21-10-22-19)16-14-7-5-6-13(14)15(8-11(2)3)24-20(16)26-18/h10-12,25H,4-9H2,1-3H3,(H,21,22,23)/t12-/m1/s1. The molecule has 26 heavy (non-hydrogen) atoms. The molecule has 0 aliphatic heterocycles. The Kier molecular flexibility index (Phi) is 4.53. The summed E-state index contributed by atoms with van der Waals surface area (Å²) in [5.41, 5.74) is 6.04. The highest BCUT2D eigenvalue weighted by Gasteiger charge is 2.26. The van der Waals surface area contributed by atoms with Gasteiger partial charge >= 0.3 is 0 Å². The Bertz CT molecular complexity index is 944. The summed E-state index contributed by atoms with van der Waals surface area (Å²) >= 11 is 0. The quantitative estimate of drug-likeness (QED) is 0.703. The van der Waals surface area contributed by atoms with E-state index >= 15 is 0 Å². The normalized spacial score (nSPS) is 15.1. The minimum Gasteiger partial charge on any atom is -0.432 e. The van der Waals surface area contributed by atoms with E-state index in [-0.39, 0.29) is 12.6 Å². The number of aromatic nitrogens is 3. The lowest BCUT2D eigenvalue weighted by atomic mass is 9.99. The van der Waals surface area contributed by atoms with Crippen LogP contribution in [0.1, 0.15) is 50.4 Å². The number of aliphatic hydroxyl groups excluding tert-OH is 1. The third-order valence-corrected chi connectivity index (χ3v) is 5.21. The molecule has 138 valence electrons. The summed E-state index contributed by atoms with van der Waals surface area (Å²) in [5.74, 6) is 1.19. The fourth-order valence-corrected chi connectivity index (χ4v) is 3.90. The third-order valence-electron chi connectivity index (χ3n) is 5.21. The Hall–Kier alpha value is -2.21. The molecule has 1 aliphatic carbocycles. The summed E-state index contributed by atoms with van der Waals surface area (Å²) in [6, 6.07) is -0.0588. The number of rotatable bonds is 6. The highest BCUT2D eigenvalue weighted by molar-refractivity contribution is 6.06. The number of aryl methyl sites for hydroxylation is 1. The van der Waals surface area contributed by atoms with E-state index in [4.69, 9.17) is 9.40 Å². The molecule has 0 spiro atoms. The van der Waals surface area contributed by atoms with E-state index in [1.54, 1.807) is 6.33 Å². The van der Waals surface area contributed by atoms with Gasteiger partial charge in [-0.2, -0.15) is 0 Å². The van der Waals surface area contributed by atoms with Crippen LogP contribution in [0, 0.1) is 5.92 Å². The van der Waals surface area contributed by atoms with Gasteiger partial charge in [0.1, 0.15) is 11.8 Å². The monoisotopic (exact) mass is 354 g/mol. The number of nitrogens with zero attached hydrogens (tertiary/aromatic N) is 3. The topological polar surface area (TPSA) is 84.1 Å². The Morgan fingerprint density at radius 1 is 1.23 bits per heavy atom. The molecule has 3 heterocycles. The first-order valence-corrected chi connectivity index (χ1v) is 9.57. The van der Waals surface area contributed by atoms with Gasteiger partial charge in [-0.05, 0) is 49.1 Å². The molecular weight excluding hydrogens is 328 g/mol. The van der Waals surface area contributed by atoms with Crippen molar-refractivity contribution >= 4 is 28.0 Å². The molecule has 3 aromatic heterocycles. The maximum absolute atomic E-state index is 9.50. The zero-order valence-electron chi connectivity index (χ0n) is 15.7. The van der Waals surface area contributed by atoms with E-state index < -0.39 is 0 Å². The summed E-state index contributed by atoms with van der Waals surface area (Å²) < 4.78 is 6.14. The van der Waals surface area contributed by atoms with Crippen molar-refractivity contribution in [2.24, 2.45) is 5.92 Å². The molecule has 6 heteroatoms. The van der Waals surface area contributed by atoms with Gasteiger partial charge in [0, 0.05) is 5.69 Å². The van der Waals surface area contributed by atoms with E-state index in [2.05, 4.69) is 29.1 Å². The molecule has 0 fully saturated rings. The maximum Gasteiger partial charge on any atom is 0.229 e. The van der Waals surface area contributed by atoms with Crippen molar-refractivity contribution in [3.8, 4) is 0 Å². The fraction of sp³-hybridized carbons (Fsp3) is 0.550. The molecule has 0 radical (unpaired) electrons. The number of hydrogen-bond acceptors (Lipinski definition) is 6. The molecule has 1 aliphatic rings. The minimum atomic E-state index is -0.0588. The van der Waals surface area contributed by atoms with Gasteiger partial charge in [0.2, 0.25) is 5.71 Å². The van der Waals surface area contributed by atoms with Gasteiger partial charge in [-0.25, -0.2) is 15.0 Å². The zero-order chi connectivity index (χ0) is 18.3. The summed E-state index contributed by atoms with van der Waals surface area (Å²) in [7, 11) is 0. The number of nitrogens with one attached hydrogen (secondary N) is 1. The van der Waals surface area contributed by atoms with Crippen LogP contribution in [0.5, 0.6) is 0 Å². The van der Waals surface area contributed by atoms with Crippen LogP contribution in [-0.2, 0) is 19.3 Å². The molecular formula is C20H26N4O2. The number of fused-ring (bicyclic) bond motifs is 5. The second-order valence-electron chi connectivity index (χ2n) is 7.58. The Balaban J connectivity index is 1.91. The van der Waals surface area contributed by atoms with Crippen LogP contribution in [0.3, 0.4) is 0 Å². The molecule has 0 bridgehead atoms. The van der Waals surface area contributed by atoms with Gasteiger partial charge in [-0.15, -0.1) is 0 Å². The lowest BCUT2D eigenvalue weighted by molar-refractivity contribution is 0.271. The van der Waals surface area contributed by atoms with E-state index in [1.165, 1.54) is 16.8 Å².